The van der Waals surface area contributed by atoms with Gasteiger partial charge in [0.25, 0.3) is 0 Å². The first-order valence-corrected chi connectivity index (χ1v) is 1.34. The fraction of sp³-hybridized carbons (Fsp3) is 0.667. The summed E-state index contributed by atoms with van der Waals surface area (Å²) in [4.78, 5) is 7.25. The molecule has 0 unspecified atom stereocenters. The standard InChI is InChI=1S/C3H7.Cm.NO/c1-3-2;;1-2/h3H,1-2H3;;/q-1;;-1. The van der Waals surface area contributed by atoms with E-state index < -0.39 is 0 Å². The van der Waals surface area contributed by atoms with Gasteiger partial charge in [-0.15, -0.1) is 0 Å². The first-order valence-electron chi connectivity index (χ1n) is 1.34. The van der Waals surface area contributed by atoms with E-state index >= 15 is 0 Å². The second-order valence-corrected chi connectivity index (χ2v) is 0.577. The molecule has 0 aromatic rings. The van der Waals surface area contributed by atoms with Gasteiger partial charge in [-0.1, -0.05) is 0 Å². The summed E-state index contributed by atoms with van der Waals surface area (Å²) in [6.45, 7) is 4.00. The van der Waals surface area contributed by atoms with E-state index in [9.17, 15) is 0 Å². The summed E-state index contributed by atoms with van der Waals surface area (Å²) in [7, 11) is 0. The van der Waals surface area contributed by atoms with E-state index in [-0.39, 0.29) is 0 Å². The van der Waals surface area contributed by atoms with Gasteiger partial charge < -0.3 is 16.9 Å². The molecule has 0 aromatic heterocycles. The number of nitroso groups, excluding NO2 is 1. The van der Waals surface area contributed by atoms with E-state index in [2.05, 4.69) is 0 Å². The summed E-state index contributed by atoms with van der Waals surface area (Å²) in [6.07, 6.45) is 2.00. The number of hydrogen-bond acceptors (Lipinski definition) is 1. The predicted octanol–water partition coefficient (Wildman–Crippen LogP) is 1.55. The minimum atomic E-state index is 0. The van der Waals surface area contributed by atoms with Crippen LogP contribution in [0.25, 0.3) is 5.59 Å². The summed E-state index contributed by atoms with van der Waals surface area (Å²) in [5, 5.41) is 0. The molecule has 0 saturated heterocycles. The van der Waals surface area contributed by atoms with Crippen LogP contribution in [0.5, 0.6) is 0 Å². The average molecular weight is 320 g/mol. The molecule has 0 atom stereocenters. The van der Waals surface area contributed by atoms with Crippen LogP contribution < -0.4 is 0 Å². The molecular weight excluding hydrogens is 313 g/mol. The fourth-order valence-corrected chi connectivity index (χ4v) is 0. The Labute approximate surface area is 32.0 Å². The largest absolute Gasteiger partial charge is 0.577 e. The van der Waals surface area contributed by atoms with Crippen molar-refractivity contribution in [3.63, 3.8) is 0 Å². The van der Waals surface area contributed by atoms with E-state index in [4.69, 9.17) is 10.5 Å². The van der Waals surface area contributed by atoms with Crippen LogP contribution in [0.15, 0.2) is 0 Å². The third-order valence-corrected chi connectivity index (χ3v) is 0. The molecule has 6 heavy (non-hydrogen) atoms. The molecule has 0 saturated carbocycles. The normalized spacial score (nSPS) is 3.67. The van der Waals surface area contributed by atoms with Crippen LogP contribution in [-0.4, -0.2) is 0 Å². The molecule has 0 aliphatic carbocycles. The molecule has 0 aliphatic heterocycles. The average Bonchev–Trinajstić information content (AvgIpc) is 1.46. The maximum absolute atomic E-state index is 7.25. The van der Waals surface area contributed by atoms with Crippen LogP contribution >= 0.6 is 0 Å². The van der Waals surface area contributed by atoms with Crippen molar-refractivity contribution in [1.82, 2.24) is 0 Å². The van der Waals surface area contributed by atoms with Crippen molar-refractivity contribution in [1.29, 1.82) is 0 Å². The molecule has 0 spiro atoms. The van der Waals surface area contributed by atoms with Crippen molar-refractivity contribution in [3.05, 3.63) is 16.9 Å². The summed E-state index contributed by atoms with van der Waals surface area (Å²) >= 11 is 0. The molecule has 0 bridgehead atoms. The Morgan fingerprint density at radius 2 is 1.33 bits per heavy atom. The van der Waals surface area contributed by atoms with Crippen LogP contribution in [0, 0.1) is 11.3 Å². The Bertz CT molecular complexity index is 14.8. The molecule has 3 heteroatoms. The van der Waals surface area contributed by atoms with Crippen LogP contribution in [0.1, 0.15) is 13.8 Å². The topological polar surface area (TPSA) is 39.4 Å². The van der Waals surface area contributed by atoms with E-state index in [0.29, 0.717) is 0 Å². The molecule has 0 rings (SSSR count). The third kappa shape index (κ3) is 3.40. The van der Waals surface area contributed by atoms with E-state index in [1.165, 1.54) is 0 Å². The quantitative estimate of drug-likeness (QED) is 0.624. The number of nitrogens with zero attached hydrogens (tertiary/aromatic N) is 1. The minimum Gasteiger partial charge on any atom is -0.577 e. The zero-order valence-corrected chi connectivity index (χ0v) is 6.73. The third-order valence-electron chi connectivity index (χ3n) is 0. The first kappa shape index (κ1) is 23.3. The minimum absolute atomic E-state index is 0. The molecule has 0 amide bonds. The van der Waals surface area contributed by atoms with Gasteiger partial charge in [-0.25, -0.2) is 0 Å². The van der Waals surface area contributed by atoms with Crippen LogP contribution in [0.2, 0.25) is 0 Å². The van der Waals surface area contributed by atoms with Crippen molar-refractivity contribution in [2.45, 2.75) is 13.8 Å². The maximum Gasteiger partial charge on any atom is 0 e. The van der Waals surface area contributed by atoms with Crippen molar-refractivity contribution in [2.75, 3.05) is 0 Å². The summed E-state index contributed by atoms with van der Waals surface area (Å²) in [5.41, 5.74) is 5.75. The van der Waals surface area contributed by atoms with Gasteiger partial charge in [0.05, 0.1) is 0 Å². The van der Waals surface area contributed by atoms with E-state index in [1.54, 1.807) is 0 Å². The smallest absolute Gasteiger partial charge is 0 e. The van der Waals surface area contributed by atoms with Crippen molar-refractivity contribution in [2.24, 2.45) is 0 Å². The summed E-state index contributed by atoms with van der Waals surface area (Å²) in [5.74, 6) is 0. The molecule has 0 aliphatic rings. The molecule has 0 heterocycles. The van der Waals surface area contributed by atoms with Crippen LogP contribution in [0.3, 0.4) is 0 Å². The zero-order chi connectivity index (χ0) is 4.71. The molecular formula is C3H7CmNO-2. The molecule has 2 nitrogen and oxygen atoms in total. The van der Waals surface area contributed by atoms with Crippen molar-refractivity contribution < 1.29 is 0 Å². The Balaban J connectivity index is -0.0000000275. The van der Waals surface area contributed by atoms with Gasteiger partial charge in [-0.05, 0) is 0 Å². The van der Waals surface area contributed by atoms with Gasteiger partial charge in [-0.2, -0.15) is 13.8 Å². The summed E-state index contributed by atoms with van der Waals surface area (Å²) in [6, 6.07) is 0. The van der Waals surface area contributed by atoms with Gasteiger partial charge in [-0.3, -0.25) is 0 Å². The second kappa shape index (κ2) is 152. The van der Waals surface area contributed by atoms with E-state index in [0.717, 1.165) is 0 Å². The Kier molecular flexibility index (Phi) is 590. The van der Waals surface area contributed by atoms with Crippen LogP contribution in [-0.2, 0) is 0 Å². The first-order chi connectivity index (χ1) is 2.41. The van der Waals surface area contributed by atoms with Crippen molar-refractivity contribution >= 4 is 0 Å². The van der Waals surface area contributed by atoms with Gasteiger partial charge in [0.1, 0.15) is 0 Å². The fourth-order valence-electron chi connectivity index (χ4n) is 0. The summed E-state index contributed by atoms with van der Waals surface area (Å²) < 4.78 is 0. The van der Waals surface area contributed by atoms with Crippen molar-refractivity contribution in [3.8, 4) is 0 Å². The maximum atomic E-state index is 7.25. The van der Waals surface area contributed by atoms with Gasteiger partial charge in [0.15, 0.2) is 0 Å². The molecule has 0 radical (unpaired) electrons. The molecule has 0 aromatic carbocycles. The number of hydrogen-bond donors (Lipinski definition) is 0. The molecule has 0 N–H and O–H groups in total. The SMILES string of the molecule is C[CH-]C.[Cm].[N-]=O. The zero-order valence-electron chi connectivity index (χ0n) is 3.79. The van der Waals surface area contributed by atoms with E-state index in [1.807, 2.05) is 20.3 Å². The number of rotatable bonds is 0. The van der Waals surface area contributed by atoms with Crippen LogP contribution in [0.4, 0.5) is 0 Å². The molecule has 0 fully saturated rings. The molecule has 40 valence electrons. The predicted molar refractivity (Wildman–Crippen MR) is 22.4 cm³/mol. The Hall–Kier alpha value is -1.40. The van der Waals surface area contributed by atoms with Gasteiger partial charge in [0, 0.05) is 0 Å². The van der Waals surface area contributed by atoms with Gasteiger partial charge >= 0.3 is 0 Å². The monoisotopic (exact) mass is 316 g/mol. The Morgan fingerprint density at radius 3 is 1.33 bits per heavy atom. The second-order valence-electron chi connectivity index (χ2n) is 0.577. The Morgan fingerprint density at radius 1 is 1.33 bits per heavy atom. The van der Waals surface area contributed by atoms with Gasteiger partial charge in [0.2, 0.25) is 0 Å².